The fourth-order valence-corrected chi connectivity index (χ4v) is 4.69. The standard InChI is InChI=1S/C27H29FN2O4S/c1-33-24-12-9-19(16-25(24)34-2)13-14-29(17-21-6-5-15-35-21)26(31)18-30(20-10-11-20)27(32)22-7-3-4-8-23(22)28/h3-9,12,15-16,20H,10-11,13-14,17-18H2,1-2H3. The number of carbonyl (C=O) groups excluding carboxylic acids is 2. The first-order valence-corrected chi connectivity index (χ1v) is 12.4. The van der Waals surface area contributed by atoms with Crippen LogP contribution in [0.2, 0.25) is 0 Å². The fraction of sp³-hybridized carbons (Fsp3) is 0.333. The third kappa shape index (κ3) is 6.19. The normalized spacial score (nSPS) is 12.8. The molecule has 0 atom stereocenters. The lowest BCUT2D eigenvalue weighted by atomic mass is 10.1. The zero-order valence-corrected chi connectivity index (χ0v) is 20.7. The summed E-state index contributed by atoms with van der Waals surface area (Å²) in [6.45, 7) is 0.851. The second-order valence-electron chi connectivity index (χ2n) is 8.48. The molecule has 2 aromatic carbocycles. The van der Waals surface area contributed by atoms with Gasteiger partial charge in [0.1, 0.15) is 12.4 Å². The number of hydrogen-bond acceptors (Lipinski definition) is 5. The van der Waals surface area contributed by atoms with Crippen LogP contribution in [0.25, 0.3) is 0 Å². The lowest BCUT2D eigenvalue weighted by molar-refractivity contribution is -0.132. The van der Waals surface area contributed by atoms with Crippen molar-refractivity contribution in [2.24, 2.45) is 0 Å². The Kier molecular flexibility index (Phi) is 8.02. The van der Waals surface area contributed by atoms with E-state index in [1.165, 1.54) is 17.0 Å². The van der Waals surface area contributed by atoms with E-state index in [1.54, 1.807) is 42.6 Å². The lowest BCUT2D eigenvalue weighted by Crippen LogP contribution is -2.44. The monoisotopic (exact) mass is 496 g/mol. The van der Waals surface area contributed by atoms with Crippen molar-refractivity contribution in [2.75, 3.05) is 27.3 Å². The third-order valence-corrected chi connectivity index (χ3v) is 6.92. The lowest BCUT2D eigenvalue weighted by Gasteiger charge is -2.28. The molecule has 0 N–H and O–H groups in total. The number of carbonyl (C=O) groups is 2. The Balaban J connectivity index is 1.50. The van der Waals surface area contributed by atoms with Crippen LogP contribution in [0.5, 0.6) is 11.5 Å². The van der Waals surface area contributed by atoms with Gasteiger partial charge in [-0.05, 0) is 60.5 Å². The summed E-state index contributed by atoms with van der Waals surface area (Å²) in [5.74, 6) is 0.121. The molecule has 0 saturated heterocycles. The van der Waals surface area contributed by atoms with Crippen molar-refractivity contribution in [1.82, 2.24) is 9.80 Å². The molecule has 0 aliphatic heterocycles. The number of hydrogen-bond donors (Lipinski definition) is 0. The quantitative estimate of drug-likeness (QED) is 0.383. The van der Waals surface area contributed by atoms with Gasteiger partial charge in [-0.25, -0.2) is 4.39 Å². The van der Waals surface area contributed by atoms with Crippen molar-refractivity contribution >= 4 is 23.2 Å². The summed E-state index contributed by atoms with van der Waals surface area (Å²) in [7, 11) is 3.18. The van der Waals surface area contributed by atoms with Crippen molar-refractivity contribution < 1.29 is 23.5 Å². The van der Waals surface area contributed by atoms with Gasteiger partial charge in [-0.1, -0.05) is 24.3 Å². The van der Waals surface area contributed by atoms with E-state index < -0.39 is 11.7 Å². The second-order valence-corrected chi connectivity index (χ2v) is 9.51. The first-order valence-electron chi connectivity index (χ1n) is 11.6. The molecule has 1 heterocycles. The summed E-state index contributed by atoms with van der Waals surface area (Å²) in [6.07, 6.45) is 2.26. The van der Waals surface area contributed by atoms with Gasteiger partial charge in [0.05, 0.1) is 26.3 Å². The Morgan fingerprint density at radius 2 is 1.80 bits per heavy atom. The van der Waals surface area contributed by atoms with E-state index in [9.17, 15) is 14.0 Å². The van der Waals surface area contributed by atoms with Crippen LogP contribution in [-0.2, 0) is 17.8 Å². The predicted octanol–water partition coefficient (Wildman–Crippen LogP) is 4.78. The van der Waals surface area contributed by atoms with Gasteiger partial charge < -0.3 is 19.3 Å². The summed E-state index contributed by atoms with van der Waals surface area (Å²) in [5, 5.41) is 1.98. The molecule has 6 nitrogen and oxygen atoms in total. The van der Waals surface area contributed by atoms with Crippen molar-refractivity contribution in [3.8, 4) is 11.5 Å². The largest absolute Gasteiger partial charge is 0.493 e. The Bertz CT molecular complexity index is 1160. The molecule has 1 fully saturated rings. The van der Waals surface area contributed by atoms with Gasteiger partial charge in [-0.15, -0.1) is 11.3 Å². The minimum atomic E-state index is -0.570. The maximum absolute atomic E-state index is 14.3. The first-order chi connectivity index (χ1) is 17.0. The number of ether oxygens (including phenoxy) is 2. The molecule has 0 bridgehead atoms. The van der Waals surface area contributed by atoms with Gasteiger partial charge in [0.2, 0.25) is 5.91 Å². The Hall–Kier alpha value is -3.39. The average molecular weight is 497 g/mol. The van der Waals surface area contributed by atoms with Crippen LogP contribution in [0.3, 0.4) is 0 Å². The molecule has 1 aromatic heterocycles. The van der Waals surface area contributed by atoms with Gasteiger partial charge >= 0.3 is 0 Å². The molecule has 0 spiro atoms. The van der Waals surface area contributed by atoms with E-state index in [4.69, 9.17) is 9.47 Å². The molecule has 4 rings (SSSR count). The van der Waals surface area contributed by atoms with Crippen LogP contribution in [-0.4, -0.2) is 55.0 Å². The summed E-state index contributed by atoms with van der Waals surface area (Å²) < 4.78 is 25.0. The number of rotatable bonds is 11. The number of halogens is 1. The molecule has 1 aliphatic rings. The Morgan fingerprint density at radius 1 is 1.03 bits per heavy atom. The number of amides is 2. The number of methoxy groups -OCH3 is 2. The van der Waals surface area contributed by atoms with E-state index in [2.05, 4.69) is 0 Å². The van der Waals surface area contributed by atoms with Crippen LogP contribution in [0.15, 0.2) is 60.0 Å². The molecule has 0 radical (unpaired) electrons. The smallest absolute Gasteiger partial charge is 0.257 e. The van der Waals surface area contributed by atoms with Gasteiger partial charge in [0.25, 0.3) is 5.91 Å². The minimum Gasteiger partial charge on any atom is -0.493 e. The highest BCUT2D eigenvalue weighted by Crippen LogP contribution is 2.30. The topological polar surface area (TPSA) is 59.1 Å². The van der Waals surface area contributed by atoms with E-state index in [1.807, 2.05) is 35.7 Å². The molecule has 0 unspecified atom stereocenters. The van der Waals surface area contributed by atoms with Crippen LogP contribution in [0.1, 0.15) is 33.6 Å². The van der Waals surface area contributed by atoms with Crippen LogP contribution in [0.4, 0.5) is 4.39 Å². The summed E-state index contributed by atoms with van der Waals surface area (Å²) >= 11 is 1.58. The van der Waals surface area contributed by atoms with Crippen molar-refractivity contribution in [1.29, 1.82) is 0 Å². The van der Waals surface area contributed by atoms with Crippen LogP contribution in [0, 0.1) is 5.82 Å². The molecule has 1 saturated carbocycles. The van der Waals surface area contributed by atoms with E-state index in [-0.39, 0.29) is 24.1 Å². The first kappa shape index (κ1) is 24.7. The number of nitrogens with zero attached hydrogens (tertiary/aromatic N) is 2. The Morgan fingerprint density at radius 3 is 2.46 bits per heavy atom. The van der Waals surface area contributed by atoms with E-state index in [0.717, 1.165) is 23.3 Å². The van der Waals surface area contributed by atoms with Gasteiger partial charge in [0.15, 0.2) is 11.5 Å². The second kappa shape index (κ2) is 11.4. The average Bonchev–Trinajstić information content (AvgIpc) is 3.59. The van der Waals surface area contributed by atoms with Gasteiger partial charge in [0, 0.05) is 17.5 Å². The highest BCUT2D eigenvalue weighted by Gasteiger charge is 2.36. The molecule has 1 aliphatic carbocycles. The van der Waals surface area contributed by atoms with Crippen molar-refractivity contribution in [2.45, 2.75) is 31.8 Å². The summed E-state index contributed by atoms with van der Waals surface area (Å²) in [5.41, 5.74) is 1.01. The molecule has 8 heteroatoms. The third-order valence-electron chi connectivity index (χ3n) is 6.06. The maximum atomic E-state index is 14.3. The molecular weight excluding hydrogens is 467 g/mol. The Labute approximate surface area is 208 Å². The molecule has 184 valence electrons. The van der Waals surface area contributed by atoms with E-state index >= 15 is 0 Å². The molecular formula is C27H29FN2O4S. The zero-order valence-electron chi connectivity index (χ0n) is 19.9. The predicted molar refractivity (Wildman–Crippen MR) is 133 cm³/mol. The SMILES string of the molecule is COc1ccc(CCN(Cc2cccs2)C(=O)CN(C(=O)c2ccccc2F)C2CC2)cc1OC. The van der Waals surface area contributed by atoms with Gasteiger partial charge in [-0.2, -0.15) is 0 Å². The highest BCUT2D eigenvalue weighted by atomic mass is 32.1. The molecule has 2 amide bonds. The molecule has 3 aromatic rings. The summed E-state index contributed by atoms with van der Waals surface area (Å²) in [4.78, 5) is 31.0. The van der Waals surface area contributed by atoms with Crippen molar-refractivity contribution in [3.05, 3.63) is 81.8 Å². The van der Waals surface area contributed by atoms with E-state index in [0.29, 0.717) is 31.0 Å². The summed E-state index contributed by atoms with van der Waals surface area (Å²) in [6, 6.07) is 15.6. The maximum Gasteiger partial charge on any atom is 0.257 e. The van der Waals surface area contributed by atoms with Crippen LogP contribution < -0.4 is 9.47 Å². The van der Waals surface area contributed by atoms with Crippen LogP contribution >= 0.6 is 11.3 Å². The highest BCUT2D eigenvalue weighted by molar-refractivity contribution is 7.09. The molecule has 35 heavy (non-hydrogen) atoms. The number of thiophene rings is 1. The zero-order chi connectivity index (χ0) is 24.8. The minimum absolute atomic E-state index is 0.00216. The van der Waals surface area contributed by atoms with Crippen molar-refractivity contribution in [3.63, 3.8) is 0 Å². The van der Waals surface area contributed by atoms with Gasteiger partial charge in [-0.3, -0.25) is 9.59 Å². The fourth-order valence-electron chi connectivity index (χ4n) is 3.97. The number of benzene rings is 2.